The van der Waals surface area contributed by atoms with Crippen molar-refractivity contribution in [2.75, 3.05) is 18.2 Å². The quantitative estimate of drug-likeness (QED) is 0.150. The Morgan fingerprint density at radius 2 is 1.90 bits per heavy atom. The number of benzene rings is 2. The maximum absolute atomic E-state index is 12.9. The van der Waals surface area contributed by atoms with Crippen molar-refractivity contribution in [2.24, 2.45) is 0 Å². The predicted molar refractivity (Wildman–Crippen MR) is 156 cm³/mol. The van der Waals surface area contributed by atoms with Gasteiger partial charge in [0.25, 0.3) is 0 Å². The number of nitrogens with one attached hydrogen (secondary N) is 1. The minimum Gasteiger partial charge on any atom is -0.481 e. The third-order valence-corrected chi connectivity index (χ3v) is 8.16. The highest BCUT2D eigenvalue weighted by Gasteiger charge is 2.24. The summed E-state index contributed by atoms with van der Waals surface area (Å²) in [5.41, 5.74) is 3.01. The number of methoxy groups -OCH3 is 1. The van der Waals surface area contributed by atoms with Crippen molar-refractivity contribution in [1.82, 2.24) is 14.8 Å². The number of rotatable bonds is 10. The Morgan fingerprint density at radius 3 is 2.59 bits per heavy atom. The molecule has 0 radical (unpaired) electrons. The van der Waals surface area contributed by atoms with Crippen molar-refractivity contribution in [2.45, 2.75) is 38.6 Å². The molecule has 12 heteroatoms. The molecule has 8 nitrogen and oxygen atoms in total. The molecule has 1 atom stereocenters. The van der Waals surface area contributed by atoms with Crippen LogP contribution in [-0.4, -0.2) is 39.5 Å². The second-order valence-corrected chi connectivity index (χ2v) is 11.1. The molecule has 0 aliphatic heterocycles. The first-order valence-electron chi connectivity index (χ1n) is 12.0. The fourth-order valence-electron chi connectivity index (χ4n) is 3.81. The van der Waals surface area contributed by atoms with Crippen LogP contribution < -0.4 is 10.1 Å². The van der Waals surface area contributed by atoms with Crippen LogP contribution in [0.1, 0.15) is 41.7 Å². The molecule has 1 unspecified atom stereocenters. The van der Waals surface area contributed by atoms with Gasteiger partial charge in [-0.25, -0.2) is 4.79 Å². The van der Waals surface area contributed by atoms with E-state index in [9.17, 15) is 9.59 Å². The van der Waals surface area contributed by atoms with Gasteiger partial charge < -0.3 is 19.4 Å². The number of aromatic nitrogens is 3. The van der Waals surface area contributed by atoms with E-state index >= 15 is 0 Å². The van der Waals surface area contributed by atoms with Crippen LogP contribution in [0.15, 0.2) is 53.0 Å². The van der Waals surface area contributed by atoms with Gasteiger partial charge in [0.15, 0.2) is 17.1 Å². The van der Waals surface area contributed by atoms with Crippen LogP contribution in [0.25, 0.3) is 11.1 Å². The molecule has 0 bridgehead atoms. The van der Waals surface area contributed by atoms with Crippen LogP contribution in [0, 0.1) is 6.92 Å². The zero-order valence-electron chi connectivity index (χ0n) is 21.7. The van der Waals surface area contributed by atoms with Crippen molar-refractivity contribution in [3.63, 3.8) is 0 Å². The SMILES string of the molecule is CCn1c(SCC(=O)Nc2scc(-c3ccc(C)cc3)c2C(=O)OC)nnc1C(C)Oc1cc(Cl)ccc1Cl. The Morgan fingerprint density at radius 1 is 1.15 bits per heavy atom. The Bertz CT molecular complexity index is 1490. The summed E-state index contributed by atoms with van der Waals surface area (Å²) in [5, 5.41) is 15.2. The molecule has 0 saturated heterocycles. The van der Waals surface area contributed by atoms with Gasteiger partial charge in [-0.1, -0.05) is 64.8 Å². The molecule has 0 saturated carbocycles. The largest absolute Gasteiger partial charge is 0.481 e. The van der Waals surface area contributed by atoms with E-state index in [2.05, 4.69) is 15.5 Å². The van der Waals surface area contributed by atoms with E-state index in [1.54, 1.807) is 18.2 Å². The number of thioether (sulfide) groups is 1. The first-order valence-corrected chi connectivity index (χ1v) is 14.6. The first kappa shape index (κ1) is 28.9. The summed E-state index contributed by atoms with van der Waals surface area (Å²) in [6, 6.07) is 12.8. The highest BCUT2D eigenvalue weighted by atomic mass is 35.5. The number of carbonyl (C=O) groups excluding carboxylic acids is 2. The maximum atomic E-state index is 12.9. The molecule has 0 spiro atoms. The van der Waals surface area contributed by atoms with E-state index in [1.165, 1.54) is 30.2 Å². The second kappa shape index (κ2) is 12.9. The van der Waals surface area contributed by atoms with Crippen LogP contribution in [0.2, 0.25) is 10.0 Å². The normalized spacial score (nSPS) is 11.7. The van der Waals surface area contributed by atoms with Gasteiger partial charge in [-0.05, 0) is 38.5 Å². The number of halogens is 2. The minimum absolute atomic E-state index is 0.0614. The number of esters is 1. The minimum atomic E-state index is -0.515. The molecular weight excluding hydrogens is 579 g/mol. The van der Waals surface area contributed by atoms with E-state index < -0.39 is 12.1 Å². The summed E-state index contributed by atoms with van der Waals surface area (Å²) in [5.74, 6) is 0.290. The zero-order valence-corrected chi connectivity index (χ0v) is 24.8. The van der Waals surface area contributed by atoms with E-state index in [4.69, 9.17) is 32.7 Å². The van der Waals surface area contributed by atoms with Gasteiger partial charge >= 0.3 is 5.97 Å². The molecule has 204 valence electrons. The van der Waals surface area contributed by atoms with Gasteiger partial charge in [-0.15, -0.1) is 21.5 Å². The number of carbonyl (C=O) groups is 2. The van der Waals surface area contributed by atoms with Crippen molar-refractivity contribution < 1.29 is 19.1 Å². The summed E-state index contributed by atoms with van der Waals surface area (Å²) in [6.07, 6.45) is -0.467. The van der Waals surface area contributed by atoms with Crippen LogP contribution in [0.5, 0.6) is 5.75 Å². The lowest BCUT2D eigenvalue weighted by molar-refractivity contribution is -0.113. The van der Waals surface area contributed by atoms with Crippen LogP contribution in [-0.2, 0) is 16.1 Å². The van der Waals surface area contributed by atoms with Crippen LogP contribution in [0.4, 0.5) is 5.00 Å². The van der Waals surface area contributed by atoms with E-state index in [1.807, 2.05) is 55.0 Å². The number of hydrogen-bond donors (Lipinski definition) is 1. The lowest BCUT2D eigenvalue weighted by Gasteiger charge is -2.16. The van der Waals surface area contributed by atoms with Gasteiger partial charge in [-0.3, -0.25) is 4.79 Å². The number of nitrogens with zero attached hydrogens (tertiary/aromatic N) is 3. The summed E-state index contributed by atoms with van der Waals surface area (Å²) in [4.78, 5) is 25.5. The molecule has 1 amide bonds. The standard InChI is InChI=1S/C27H26Cl2N4O4S2/c1-5-33-24(16(3)37-21-12-18(28)10-11-20(21)29)31-32-27(33)39-14-22(34)30-25-23(26(35)36-4)19(13-38-25)17-8-6-15(2)7-9-17/h6-13,16H,5,14H2,1-4H3,(H,30,34). The fraction of sp³-hybridized carbons (Fsp3) is 0.259. The predicted octanol–water partition coefficient (Wildman–Crippen LogP) is 7.30. The Hall–Kier alpha value is -3.05. The highest BCUT2D eigenvalue weighted by molar-refractivity contribution is 7.99. The summed E-state index contributed by atoms with van der Waals surface area (Å²) in [6.45, 7) is 6.36. The van der Waals surface area contributed by atoms with Gasteiger partial charge in [0.1, 0.15) is 16.3 Å². The fourth-order valence-corrected chi connectivity index (χ4v) is 5.92. The summed E-state index contributed by atoms with van der Waals surface area (Å²) >= 11 is 14.8. The Balaban J connectivity index is 1.46. The summed E-state index contributed by atoms with van der Waals surface area (Å²) < 4.78 is 12.9. The first-order chi connectivity index (χ1) is 18.7. The van der Waals surface area contributed by atoms with Crippen molar-refractivity contribution in [3.8, 4) is 16.9 Å². The molecule has 4 aromatic rings. The molecule has 1 N–H and O–H groups in total. The smallest absolute Gasteiger partial charge is 0.341 e. The Labute approximate surface area is 244 Å². The lowest BCUT2D eigenvalue weighted by Crippen LogP contribution is -2.17. The van der Waals surface area contributed by atoms with Crippen LogP contribution in [0.3, 0.4) is 0 Å². The number of amides is 1. The molecule has 0 aliphatic rings. The third kappa shape index (κ3) is 6.75. The molecular formula is C27H26Cl2N4O4S2. The molecule has 2 heterocycles. The maximum Gasteiger partial charge on any atom is 0.341 e. The molecule has 0 aliphatic carbocycles. The topological polar surface area (TPSA) is 95.3 Å². The van der Waals surface area contributed by atoms with Crippen molar-refractivity contribution in [3.05, 3.63) is 74.8 Å². The summed E-state index contributed by atoms with van der Waals surface area (Å²) in [7, 11) is 1.32. The monoisotopic (exact) mass is 604 g/mol. The number of aryl methyl sites for hydroxylation is 1. The third-order valence-electron chi connectivity index (χ3n) is 5.75. The van der Waals surface area contributed by atoms with E-state index in [0.29, 0.717) is 49.4 Å². The van der Waals surface area contributed by atoms with E-state index in [-0.39, 0.29) is 11.7 Å². The Kier molecular flexibility index (Phi) is 9.55. The highest BCUT2D eigenvalue weighted by Crippen LogP contribution is 2.37. The lowest BCUT2D eigenvalue weighted by atomic mass is 10.0. The van der Waals surface area contributed by atoms with Crippen molar-refractivity contribution >= 4 is 63.2 Å². The second-order valence-electron chi connectivity index (χ2n) is 8.47. The number of anilines is 1. The zero-order chi connectivity index (χ0) is 28.1. The number of ether oxygens (including phenoxy) is 2. The van der Waals surface area contributed by atoms with Crippen molar-refractivity contribution in [1.29, 1.82) is 0 Å². The number of hydrogen-bond acceptors (Lipinski definition) is 8. The van der Waals surface area contributed by atoms with Gasteiger partial charge in [-0.2, -0.15) is 0 Å². The molecule has 4 rings (SSSR count). The molecule has 39 heavy (non-hydrogen) atoms. The molecule has 2 aromatic heterocycles. The van der Waals surface area contributed by atoms with Gasteiger partial charge in [0.2, 0.25) is 5.91 Å². The van der Waals surface area contributed by atoms with Gasteiger partial charge in [0.05, 0.1) is 17.9 Å². The average Bonchev–Trinajstić information content (AvgIpc) is 3.53. The van der Waals surface area contributed by atoms with Gasteiger partial charge in [0, 0.05) is 28.6 Å². The van der Waals surface area contributed by atoms with E-state index in [0.717, 1.165) is 11.1 Å². The molecule has 2 aromatic carbocycles. The average molecular weight is 606 g/mol. The molecule has 0 fully saturated rings. The van der Waals surface area contributed by atoms with Crippen LogP contribution >= 0.6 is 46.3 Å². The number of thiophene rings is 1.